The van der Waals surface area contributed by atoms with Crippen LogP contribution in [0.3, 0.4) is 0 Å². The van der Waals surface area contributed by atoms with Crippen LogP contribution in [0.15, 0.2) is 276 Å². The van der Waals surface area contributed by atoms with Crippen LogP contribution in [0.25, 0.3) is 66.8 Å². The molecule has 0 saturated heterocycles. The third-order valence-electron chi connectivity index (χ3n) is 25.5. The maximum atomic E-state index is 12.7. The predicted molar refractivity (Wildman–Crippen MR) is 625 cm³/mol. The molecule has 0 radical (unpaired) electrons. The fraction of sp³-hybridized carbons (Fsp3) is 0.320. The van der Waals surface area contributed by atoms with Crippen molar-refractivity contribution in [2.45, 2.75) is 254 Å². The predicted octanol–water partition coefficient (Wildman–Crippen LogP) is 38.5. The van der Waals surface area contributed by atoms with Crippen LogP contribution < -0.4 is 15.0 Å². The van der Waals surface area contributed by atoms with E-state index in [2.05, 4.69) is 279 Å². The van der Waals surface area contributed by atoms with Gasteiger partial charge in [0.15, 0.2) is 0 Å². The first kappa shape index (κ1) is 119. The van der Waals surface area contributed by atoms with Gasteiger partial charge in [-0.05, 0) is 278 Å². The molecule has 3 N–H and O–H groups in total. The molecule has 3 aromatic heterocycles. The maximum Gasteiger partial charge on any atom is 0.132 e. The summed E-state index contributed by atoms with van der Waals surface area (Å²) in [5, 5.41) is 33.8. The number of aromatic nitrogens is 3. The molecule has 15 aromatic rings. The molecule has 19 rings (SSSR count). The summed E-state index contributed by atoms with van der Waals surface area (Å²) < 4.78 is 63.6. The van der Waals surface area contributed by atoms with Crippen molar-refractivity contribution in [1.29, 1.82) is 0 Å². The van der Waals surface area contributed by atoms with Gasteiger partial charge in [0.1, 0.15) is 17.2 Å². The maximum absolute atomic E-state index is 12.7. The molecule has 0 saturated carbocycles. The first-order valence-corrected chi connectivity index (χ1v) is 63.9. The zero-order valence-corrected chi connectivity index (χ0v) is 106. The van der Waals surface area contributed by atoms with Gasteiger partial charge in [-0.3, -0.25) is 0 Å². The minimum absolute atomic E-state index is 0.0291. The monoisotopic (exact) mass is 2810 g/mol. The number of rotatable bonds is 9. The molecule has 4 aliphatic carbocycles. The Hall–Kier alpha value is -8.86. The molecule has 0 fully saturated rings. The first-order valence-electron chi connectivity index (χ1n) is 50.9. The number of benzene rings is 12. The van der Waals surface area contributed by atoms with Gasteiger partial charge >= 0.3 is 309 Å². The van der Waals surface area contributed by atoms with E-state index in [1.807, 2.05) is 196 Å². The molecule has 4 aliphatic rings. The third-order valence-corrected chi connectivity index (χ3v) is 41.1. The van der Waals surface area contributed by atoms with Crippen molar-refractivity contribution in [3.8, 4) is 84.0 Å². The van der Waals surface area contributed by atoms with E-state index in [1.165, 1.54) is 173 Å². The van der Waals surface area contributed by atoms with Gasteiger partial charge in [-0.2, -0.15) is 34.2 Å². The quantitative estimate of drug-likeness (QED) is 0.131. The first-order chi connectivity index (χ1) is 70.3. The molecule has 0 spiro atoms. The van der Waals surface area contributed by atoms with Gasteiger partial charge in [0.2, 0.25) is 0 Å². The minimum Gasteiger partial charge on any atom is -0.507 e. The SMILES string of the molecule is CC(C)(C)[CH]=[W]=[N]c1ccccc1C(F)(F)F.Cc1c(Br)cc2c(c1-c1c(O)c(Br)cc3c1CCCC3)CCCC2.Cc1c(Br)cc2c(c1-c1c(O)c(Br)cc3c1CCCC3)CCCC2.Cc1ccc(C)[n-]1.Cc1ccc(C)[n-]1.Cc1ccc(C)[n-]1.Cc1cccc(C)c1[N]=[W]=[CH]C(C)(C)C.Cc1cccc(C)c1[N]=[W]=[CH]C(C)(C)C.Oc1c(-c2ccccc2)c(-c2ccccc2)c(Br)c(-c2ccccc2)c1-c1ccccc1. The second-order valence-corrected chi connectivity index (χ2v) is 52.6. The summed E-state index contributed by atoms with van der Waals surface area (Å²) in [6.07, 6.45) is 14.6. The Morgan fingerprint density at radius 1 is 0.277 bits per heavy atom. The van der Waals surface area contributed by atoms with E-state index in [-0.39, 0.29) is 16.9 Å². The number of hydrogen-bond acceptors (Lipinski definition) is 6. The van der Waals surface area contributed by atoms with Crippen LogP contribution in [0.2, 0.25) is 0 Å². The number of phenolic OH excluding ortho intramolecular Hbond substituents is 3. The molecule has 0 atom stereocenters. The molecule has 0 aliphatic heterocycles. The number of aryl methyl sites for hydroxylation is 14. The summed E-state index contributed by atoms with van der Waals surface area (Å²) >= 11 is 16.1. The normalized spacial score (nSPS) is 12.7. The number of aromatic hydroxyl groups is 3. The number of hydrogen-bond donors (Lipinski definition) is 3. The van der Waals surface area contributed by atoms with Crippen LogP contribution in [0, 0.1) is 99.3 Å². The Kier molecular flexibility index (Phi) is 45.3. The van der Waals surface area contributed by atoms with Crippen LogP contribution in [-0.2, 0) is 111 Å². The second-order valence-electron chi connectivity index (χ2n) is 41.6. The van der Waals surface area contributed by atoms with Crippen LogP contribution in [0.5, 0.6) is 17.2 Å². The van der Waals surface area contributed by atoms with Crippen molar-refractivity contribution < 1.29 is 82.2 Å². The molecular weight excluding hydrogens is 2680 g/mol. The summed E-state index contributed by atoms with van der Waals surface area (Å²) in [5.41, 5.74) is 40.7. The molecule has 3 heterocycles. The fourth-order valence-electron chi connectivity index (χ4n) is 18.3. The summed E-state index contributed by atoms with van der Waals surface area (Å²) in [5.74, 6) is 1.12. The molecule has 0 unspecified atom stereocenters. The Morgan fingerprint density at radius 3 is 0.797 bits per heavy atom. The smallest absolute Gasteiger partial charge is 0.132 e. The van der Waals surface area contributed by atoms with Crippen LogP contribution in [0.4, 0.5) is 30.2 Å². The molecule has 148 heavy (non-hydrogen) atoms. The number of alkyl halides is 3. The van der Waals surface area contributed by atoms with Crippen molar-refractivity contribution in [2.75, 3.05) is 0 Å². The summed E-state index contributed by atoms with van der Waals surface area (Å²) in [6.45, 7) is 44.4. The van der Waals surface area contributed by atoms with E-state index in [9.17, 15) is 28.5 Å². The average Bonchev–Trinajstić information content (AvgIpc) is 1.04. The molecule has 9 nitrogen and oxygen atoms in total. The van der Waals surface area contributed by atoms with Gasteiger partial charge in [-0.25, -0.2) is 0 Å². The number of fused-ring (bicyclic) bond motifs is 4. The third kappa shape index (κ3) is 34.3. The zero-order valence-electron chi connectivity index (χ0n) is 89.4. The molecule has 0 bridgehead atoms. The van der Waals surface area contributed by atoms with E-state index in [0.29, 0.717) is 22.3 Å². The molecule has 20 heteroatoms. The average molecular weight is 2820 g/mol. The molecule has 778 valence electrons. The summed E-state index contributed by atoms with van der Waals surface area (Å²) in [4.78, 5) is 12.3. The topological polar surface area (TPSA) is 140 Å². The molecule has 12 aromatic carbocycles. The van der Waals surface area contributed by atoms with Gasteiger partial charge in [0.05, 0.1) is 8.95 Å². The largest absolute Gasteiger partial charge is 0.507 e. The Labute approximate surface area is 945 Å². The van der Waals surface area contributed by atoms with Crippen molar-refractivity contribution in [1.82, 2.24) is 15.0 Å². The minimum atomic E-state index is -4.32. The van der Waals surface area contributed by atoms with Crippen molar-refractivity contribution in [2.24, 2.45) is 26.7 Å². The Bertz CT molecular complexity index is 6520. The van der Waals surface area contributed by atoms with Gasteiger partial charge in [0, 0.05) is 46.8 Å². The van der Waals surface area contributed by atoms with Crippen LogP contribution >= 0.6 is 79.6 Å². The Balaban J connectivity index is 0.000000165. The van der Waals surface area contributed by atoms with Gasteiger partial charge < -0.3 is 30.3 Å². The second kappa shape index (κ2) is 56.1. The summed E-state index contributed by atoms with van der Waals surface area (Å²) in [7, 11) is 0. The van der Waals surface area contributed by atoms with E-state index in [4.69, 9.17) is 6.99 Å². The molecular formula is C128H141Br5F3N6O3W3-3. The van der Waals surface area contributed by atoms with Crippen LogP contribution in [-0.4, -0.2) is 28.5 Å². The summed E-state index contributed by atoms with van der Waals surface area (Å²) in [6, 6.07) is 79.8. The Morgan fingerprint density at radius 2 is 0.527 bits per heavy atom. The molecule has 0 amide bonds. The van der Waals surface area contributed by atoms with Gasteiger partial charge in [-0.1, -0.05) is 231 Å². The standard InChI is InChI=1S/C30H21BrO.2C21H22Br2O.2C8H9N.C7H4F3N.3C6H8N.3C5H10.3W/c31-29-25(21-13-5-1-6-14-21)27(23-17-9-3-10-18-23)30(32)28(24-19-11-4-12-20-24)26(29)22-15-7-2-8-16-22;2*1-12-17(22)10-13-6-2-4-8-15(13)19(12)20-16-9-5-3-7-14(16)11-18(23)21(20)24;2*1-6-4-3-5-7(2)8(6)9;8-7(9,10)5-3-1-2-4-6(5)11;3*1-5-3-4-6(2)7-5;3*1-5(2,3)4;;;/h1-20,32H;2*10-11,24H,2-9H2,1H3;2*3-5H,1-2H3;1-4H;3*3-4H,1-2H3;3*1H,2-4H3;;;/q;;;;;;3*-1;;;;;;. The van der Waals surface area contributed by atoms with E-state index >= 15 is 0 Å². The van der Waals surface area contributed by atoms with E-state index < -0.39 is 65.5 Å². The van der Waals surface area contributed by atoms with Crippen molar-refractivity contribution in [3.05, 3.63) is 383 Å². The van der Waals surface area contributed by atoms with Crippen molar-refractivity contribution >= 4 is 110 Å². The van der Waals surface area contributed by atoms with E-state index in [1.54, 1.807) is 6.07 Å². The number of nitrogens with zero attached hydrogens (tertiary/aromatic N) is 6. The van der Waals surface area contributed by atoms with Crippen molar-refractivity contribution in [3.63, 3.8) is 0 Å². The van der Waals surface area contributed by atoms with Gasteiger partial charge in [-0.15, -0.1) is 0 Å². The van der Waals surface area contributed by atoms with Crippen LogP contribution in [0.1, 0.15) is 231 Å². The zero-order chi connectivity index (χ0) is 107. The fourth-order valence-corrected chi connectivity index (χ4v) is 28.8. The number of phenols is 3. The van der Waals surface area contributed by atoms with E-state index in [0.717, 1.165) is 161 Å². The number of halogens is 8. The van der Waals surface area contributed by atoms with Gasteiger partial charge in [0.25, 0.3) is 0 Å².